The Hall–Kier alpha value is -2.22. The van der Waals surface area contributed by atoms with Gasteiger partial charge >= 0.3 is 5.97 Å². The fraction of sp³-hybridized carbons (Fsp3) is 0.333. The average Bonchev–Trinajstić information content (AvgIpc) is 2.45. The Kier molecular flexibility index (Phi) is 4.32. The van der Waals surface area contributed by atoms with Gasteiger partial charge in [-0.05, 0) is 26.0 Å². The van der Waals surface area contributed by atoms with Crippen LogP contribution in [0, 0.1) is 5.21 Å². The molecular formula is C15H18N2O5. The van der Waals surface area contributed by atoms with Crippen LogP contribution in [0.15, 0.2) is 35.3 Å². The summed E-state index contributed by atoms with van der Waals surface area (Å²) in [7, 11) is 0. The molecule has 0 saturated heterocycles. The number of hydrogen-bond acceptors (Lipinski definition) is 5. The normalized spacial score (nSPS) is 13.1. The van der Waals surface area contributed by atoms with Gasteiger partial charge in [-0.15, -0.1) is 0 Å². The average molecular weight is 306 g/mol. The molecule has 0 bridgehead atoms. The van der Waals surface area contributed by atoms with Crippen molar-refractivity contribution in [2.45, 2.75) is 26.3 Å². The Balaban J connectivity index is 2.57. The molecule has 22 heavy (non-hydrogen) atoms. The maximum atomic E-state index is 12.6. The molecule has 1 aromatic carbocycles. The van der Waals surface area contributed by atoms with Crippen molar-refractivity contribution in [3.8, 4) is 0 Å². The number of benzene rings is 1. The Morgan fingerprint density at radius 2 is 2.05 bits per heavy atom. The number of esters is 1. The van der Waals surface area contributed by atoms with Crippen LogP contribution in [-0.2, 0) is 15.1 Å². The van der Waals surface area contributed by atoms with Gasteiger partial charge in [-0.2, -0.15) is 5.23 Å². The van der Waals surface area contributed by atoms with Crippen molar-refractivity contribution in [3.05, 3.63) is 46.0 Å². The van der Waals surface area contributed by atoms with Crippen LogP contribution < -0.4 is 10.8 Å². The fourth-order valence-electron chi connectivity index (χ4n) is 2.29. The minimum atomic E-state index is -1.08. The zero-order valence-corrected chi connectivity index (χ0v) is 12.6. The maximum Gasteiger partial charge on any atom is 0.302 e. The first kappa shape index (κ1) is 16.2. The molecule has 1 unspecified atom stereocenters. The third-order valence-corrected chi connectivity index (χ3v) is 3.46. The molecule has 0 saturated carbocycles. The number of rotatable bonds is 4. The van der Waals surface area contributed by atoms with Gasteiger partial charge in [0.25, 0.3) is 5.56 Å². The standard InChI is InChI=1S/C15H18N2O5/c1-10(18)22-9-15(2,3)16-8-7-11-12(14(16)19)5-4-6-13(11)17(20)21/h4-8,17,20H,9H2,1-3H3. The number of aromatic nitrogens is 1. The van der Waals surface area contributed by atoms with Gasteiger partial charge in [0.2, 0.25) is 0 Å². The van der Waals surface area contributed by atoms with Gasteiger partial charge in [0.15, 0.2) is 5.69 Å². The first-order valence-electron chi connectivity index (χ1n) is 6.75. The molecule has 2 rings (SSSR count). The molecule has 2 aromatic rings. The summed E-state index contributed by atoms with van der Waals surface area (Å²) in [5.74, 6) is -0.421. The van der Waals surface area contributed by atoms with Crippen LogP contribution in [0.3, 0.4) is 0 Å². The van der Waals surface area contributed by atoms with E-state index in [1.807, 2.05) is 0 Å². The Bertz CT molecular complexity index is 764. The minimum Gasteiger partial charge on any atom is -0.595 e. The Morgan fingerprint density at radius 3 is 2.64 bits per heavy atom. The van der Waals surface area contributed by atoms with Crippen LogP contribution in [0.2, 0.25) is 0 Å². The highest BCUT2D eigenvalue weighted by molar-refractivity contribution is 5.89. The van der Waals surface area contributed by atoms with E-state index in [2.05, 4.69) is 0 Å². The van der Waals surface area contributed by atoms with Crippen molar-refractivity contribution in [1.29, 1.82) is 0 Å². The summed E-state index contributed by atoms with van der Waals surface area (Å²) in [5, 5.41) is 20.0. The highest BCUT2D eigenvalue weighted by atomic mass is 16.8. The lowest BCUT2D eigenvalue weighted by Gasteiger charge is -2.27. The topological polar surface area (TPSA) is 96.0 Å². The van der Waals surface area contributed by atoms with Crippen LogP contribution in [0.25, 0.3) is 10.8 Å². The van der Waals surface area contributed by atoms with Crippen LogP contribution in [-0.4, -0.2) is 22.4 Å². The third kappa shape index (κ3) is 3.01. The van der Waals surface area contributed by atoms with E-state index in [1.165, 1.54) is 29.8 Å². The maximum absolute atomic E-state index is 12.6. The van der Waals surface area contributed by atoms with Crippen LogP contribution in [0.4, 0.5) is 5.69 Å². The number of carbonyl (C=O) groups excluding carboxylic acids is 1. The summed E-state index contributed by atoms with van der Waals surface area (Å²) in [6.07, 6.45) is 1.53. The van der Waals surface area contributed by atoms with Gasteiger partial charge < -0.3 is 14.5 Å². The molecule has 1 aromatic heterocycles. The molecule has 0 spiro atoms. The third-order valence-electron chi connectivity index (χ3n) is 3.46. The van der Waals surface area contributed by atoms with Gasteiger partial charge in [-0.3, -0.25) is 9.59 Å². The molecule has 0 aliphatic rings. The molecule has 0 fully saturated rings. The molecule has 0 aliphatic heterocycles. The number of pyridine rings is 1. The van der Waals surface area contributed by atoms with Crippen molar-refractivity contribution in [1.82, 2.24) is 4.57 Å². The molecule has 118 valence electrons. The van der Waals surface area contributed by atoms with Crippen molar-refractivity contribution in [3.63, 3.8) is 0 Å². The zero-order chi connectivity index (χ0) is 16.5. The fourth-order valence-corrected chi connectivity index (χ4v) is 2.29. The molecule has 0 radical (unpaired) electrons. The quantitative estimate of drug-likeness (QED) is 0.640. The first-order chi connectivity index (χ1) is 10.2. The second kappa shape index (κ2) is 5.88. The van der Waals surface area contributed by atoms with Crippen molar-refractivity contribution >= 4 is 22.4 Å². The van der Waals surface area contributed by atoms with Gasteiger partial charge in [-0.25, -0.2) is 5.21 Å². The predicted octanol–water partition coefficient (Wildman–Crippen LogP) is 0.703. The smallest absolute Gasteiger partial charge is 0.302 e. The number of nitrogens with zero attached hydrogens (tertiary/aromatic N) is 1. The Labute approximate surface area is 126 Å². The summed E-state index contributed by atoms with van der Waals surface area (Å²) in [5.41, 5.74) is -0.979. The molecule has 1 atom stereocenters. The van der Waals surface area contributed by atoms with Gasteiger partial charge in [0.05, 0.1) is 16.3 Å². The summed E-state index contributed by atoms with van der Waals surface area (Å²) in [6.45, 7) is 4.89. The predicted molar refractivity (Wildman–Crippen MR) is 79.9 cm³/mol. The van der Waals surface area contributed by atoms with E-state index >= 15 is 0 Å². The molecule has 7 nitrogen and oxygen atoms in total. The number of nitrogens with one attached hydrogen (secondary N) is 1. The second-order valence-electron chi connectivity index (χ2n) is 5.66. The molecule has 0 aliphatic carbocycles. The zero-order valence-electron chi connectivity index (χ0n) is 12.6. The lowest BCUT2D eigenvalue weighted by molar-refractivity contribution is -0.990. The summed E-state index contributed by atoms with van der Waals surface area (Å²) in [4.78, 5) is 23.6. The van der Waals surface area contributed by atoms with E-state index in [4.69, 9.17) is 4.74 Å². The van der Waals surface area contributed by atoms with Crippen LogP contribution >= 0.6 is 0 Å². The van der Waals surface area contributed by atoms with Gasteiger partial charge in [0.1, 0.15) is 6.61 Å². The van der Waals surface area contributed by atoms with Gasteiger partial charge in [-0.1, -0.05) is 6.07 Å². The molecule has 7 heteroatoms. The lowest BCUT2D eigenvalue weighted by atomic mass is 10.0. The SMILES string of the molecule is CC(=O)OCC(C)(C)n1ccc2c([NH+]([O-])O)cccc2c1=O. The summed E-state index contributed by atoms with van der Waals surface area (Å²) in [6, 6.07) is 6.17. The van der Waals surface area contributed by atoms with Crippen molar-refractivity contribution in [2.24, 2.45) is 0 Å². The van der Waals surface area contributed by atoms with Crippen molar-refractivity contribution in [2.75, 3.05) is 6.61 Å². The molecule has 0 amide bonds. The monoisotopic (exact) mass is 306 g/mol. The summed E-state index contributed by atoms with van der Waals surface area (Å²) < 4.78 is 6.45. The number of hydrogen-bond donors (Lipinski definition) is 2. The lowest BCUT2D eigenvalue weighted by Crippen LogP contribution is -2.99. The second-order valence-corrected chi connectivity index (χ2v) is 5.66. The molecule has 1 heterocycles. The van der Waals surface area contributed by atoms with E-state index in [-0.39, 0.29) is 17.9 Å². The van der Waals surface area contributed by atoms with E-state index in [0.29, 0.717) is 10.8 Å². The minimum absolute atomic E-state index is 0.0480. The van der Waals surface area contributed by atoms with Crippen LogP contribution in [0.5, 0.6) is 0 Å². The number of fused-ring (bicyclic) bond motifs is 1. The van der Waals surface area contributed by atoms with E-state index in [9.17, 15) is 20.0 Å². The van der Waals surface area contributed by atoms with E-state index in [1.54, 1.807) is 26.0 Å². The van der Waals surface area contributed by atoms with E-state index < -0.39 is 16.7 Å². The molecule has 2 N–H and O–H groups in total. The highest BCUT2D eigenvalue weighted by Gasteiger charge is 2.24. The molecular weight excluding hydrogens is 288 g/mol. The van der Waals surface area contributed by atoms with Crippen molar-refractivity contribution < 1.29 is 20.0 Å². The first-order valence-corrected chi connectivity index (χ1v) is 6.75. The number of ether oxygens (including phenoxy) is 1. The van der Waals surface area contributed by atoms with E-state index in [0.717, 1.165) is 0 Å². The summed E-state index contributed by atoms with van der Waals surface area (Å²) >= 11 is 0. The van der Waals surface area contributed by atoms with Crippen LogP contribution in [0.1, 0.15) is 20.8 Å². The Morgan fingerprint density at radius 1 is 1.36 bits per heavy atom. The number of quaternary nitrogens is 1. The van der Waals surface area contributed by atoms with Gasteiger partial charge in [0, 0.05) is 19.2 Å². The number of carbonyl (C=O) groups is 1. The highest BCUT2D eigenvalue weighted by Crippen LogP contribution is 2.20. The largest absolute Gasteiger partial charge is 0.595 e.